The summed E-state index contributed by atoms with van der Waals surface area (Å²) in [6.45, 7) is 1.39. The van der Waals surface area contributed by atoms with Crippen LogP contribution < -0.4 is 5.73 Å². The summed E-state index contributed by atoms with van der Waals surface area (Å²) in [6, 6.07) is 6.57. The molecule has 2 fully saturated rings. The van der Waals surface area contributed by atoms with Crippen molar-refractivity contribution in [3.05, 3.63) is 35.6 Å². The molecule has 1 amide bonds. The summed E-state index contributed by atoms with van der Waals surface area (Å²) in [5, 5.41) is 0. The molecule has 0 spiro atoms. The monoisotopic (exact) mass is 292 g/mol. The van der Waals surface area contributed by atoms with E-state index < -0.39 is 0 Å². The minimum atomic E-state index is -0.390. The third kappa shape index (κ3) is 3.09. The lowest BCUT2D eigenvalue weighted by atomic mass is 9.75. The van der Waals surface area contributed by atoms with Crippen molar-refractivity contribution in [3.63, 3.8) is 0 Å². The molecule has 5 heteroatoms. The van der Waals surface area contributed by atoms with Gasteiger partial charge in [0.25, 0.3) is 0 Å². The standard InChI is InChI=1S/C16H21FN2O2/c17-13-5-2-1-4-12(13)14-11-19(8-9-21-14)15(20)10-16(18)6-3-7-16/h1-2,4-5,14H,3,6-11,18H2. The van der Waals surface area contributed by atoms with Crippen LogP contribution in [-0.4, -0.2) is 36.0 Å². The van der Waals surface area contributed by atoms with E-state index in [9.17, 15) is 9.18 Å². The molecule has 1 atom stereocenters. The van der Waals surface area contributed by atoms with Crippen molar-refractivity contribution in [2.24, 2.45) is 5.73 Å². The summed E-state index contributed by atoms with van der Waals surface area (Å²) in [4.78, 5) is 14.1. The fourth-order valence-electron chi connectivity index (χ4n) is 3.02. The Morgan fingerprint density at radius 1 is 1.43 bits per heavy atom. The van der Waals surface area contributed by atoms with Gasteiger partial charge in [-0.2, -0.15) is 0 Å². The van der Waals surface area contributed by atoms with Gasteiger partial charge in [0.1, 0.15) is 11.9 Å². The van der Waals surface area contributed by atoms with Crippen molar-refractivity contribution in [2.75, 3.05) is 19.7 Å². The molecule has 0 aromatic heterocycles. The zero-order valence-corrected chi connectivity index (χ0v) is 12.1. The average molecular weight is 292 g/mol. The second-order valence-electron chi connectivity index (χ2n) is 6.11. The molecule has 1 aromatic rings. The van der Waals surface area contributed by atoms with Gasteiger partial charge >= 0.3 is 0 Å². The SMILES string of the molecule is NC1(CC(=O)N2CCOC(c3ccccc3F)C2)CCC1. The first-order valence-electron chi connectivity index (χ1n) is 7.50. The van der Waals surface area contributed by atoms with Crippen molar-refractivity contribution in [3.8, 4) is 0 Å². The number of carbonyl (C=O) groups is 1. The van der Waals surface area contributed by atoms with Gasteiger partial charge in [-0.05, 0) is 25.3 Å². The average Bonchev–Trinajstić information content (AvgIpc) is 2.46. The highest BCUT2D eigenvalue weighted by atomic mass is 19.1. The van der Waals surface area contributed by atoms with Crippen LogP contribution in [0.2, 0.25) is 0 Å². The van der Waals surface area contributed by atoms with E-state index in [1.165, 1.54) is 6.07 Å². The van der Waals surface area contributed by atoms with Gasteiger partial charge in [0, 0.05) is 24.1 Å². The lowest BCUT2D eigenvalue weighted by Gasteiger charge is -2.40. The third-order valence-corrected chi connectivity index (χ3v) is 4.52. The van der Waals surface area contributed by atoms with Crippen molar-refractivity contribution in [1.29, 1.82) is 0 Å². The molecule has 1 aliphatic carbocycles. The Bertz CT molecular complexity index is 531. The number of amides is 1. The molecule has 21 heavy (non-hydrogen) atoms. The number of nitrogens with two attached hydrogens (primary N) is 1. The van der Waals surface area contributed by atoms with E-state index in [1.807, 2.05) is 0 Å². The molecule has 2 aliphatic rings. The minimum Gasteiger partial charge on any atom is -0.370 e. The predicted molar refractivity (Wildman–Crippen MR) is 77.1 cm³/mol. The van der Waals surface area contributed by atoms with Crippen LogP contribution in [0.5, 0.6) is 0 Å². The maximum Gasteiger partial charge on any atom is 0.224 e. The van der Waals surface area contributed by atoms with Crippen LogP contribution in [0.15, 0.2) is 24.3 Å². The second-order valence-corrected chi connectivity index (χ2v) is 6.11. The highest BCUT2D eigenvalue weighted by Crippen LogP contribution is 2.33. The summed E-state index contributed by atoms with van der Waals surface area (Å²) in [5.41, 5.74) is 6.34. The third-order valence-electron chi connectivity index (χ3n) is 4.52. The quantitative estimate of drug-likeness (QED) is 0.927. The van der Waals surface area contributed by atoms with Gasteiger partial charge in [-0.1, -0.05) is 18.2 Å². The van der Waals surface area contributed by atoms with Crippen LogP contribution in [0.4, 0.5) is 4.39 Å². The molecule has 1 aliphatic heterocycles. The number of carbonyl (C=O) groups excluding carboxylic acids is 1. The first-order chi connectivity index (χ1) is 10.1. The molecule has 1 unspecified atom stereocenters. The predicted octanol–water partition coefficient (Wildman–Crippen LogP) is 2.00. The molecule has 1 saturated carbocycles. The molecular weight excluding hydrogens is 271 g/mol. The van der Waals surface area contributed by atoms with Crippen molar-refractivity contribution in [2.45, 2.75) is 37.3 Å². The van der Waals surface area contributed by atoms with Crippen LogP contribution in [0.1, 0.15) is 37.4 Å². The molecule has 4 nitrogen and oxygen atoms in total. The van der Waals surface area contributed by atoms with Crippen LogP contribution in [-0.2, 0) is 9.53 Å². The molecule has 0 bridgehead atoms. The Labute approximate surface area is 124 Å². The van der Waals surface area contributed by atoms with E-state index in [0.717, 1.165) is 19.3 Å². The summed E-state index contributed by atoms with van der Waals surface area (Å²) in [6.07, 6.45) is 2.93. The van der Waals surface area contributed by atoms with Gasteiger partial charge in [0.15, 0.2) is 0 Å². The van der Waals surface area contributed by atoms with E-state index in [0.29, 0.717) is 31.7 Å². The van der Waals surface area contributed by atoms with E-state index in [4.69, 9.17) is 10.5 Å². The Morgan fingerprint density at radius 2 is 2.19 bits per heavy atom. The van der Waals surface area contributed by atoms with Gasteiger partial charge in [-0.25, -0.2) is 4.39 Å². The summed E-state index contributed by atoms with van der Waals surface area (Å²) in [5.74, 6) is -0.229. The molecule has 3 rings (SSSR count). The number of ether oxygens (including phenoxy) is 1. The van der Waals surface area contributed by atoms with Gasteiger partial charge < -0.3 is 15.4 Å². The topological polar surface area (TPSA) is 55.6 Å². The number of nitrogens with zero attached hydrogens (tertiary/aromatic N) is 1. The van der Waals surface area contributed by atoms with E-state index in [-0.39, 0.29) is 23.4 Å². The number of morpholine rings is 1. The highest BCUT2D eigenvalue weighted by molar-refractivity contribution is 5.77. The first-order valence-corrected chi connectivity index (χ1v) is 7.50. The molecule has 114 valence electrons. The molecule has 2 N–H and O–H groups in total. The Balaban J connectivity index is 1.65. The Kier molecular flexibility index (Phi) is 3.95. The highest BCUT2D eigenvalue weighted by Gasteiger charge is 2.37. The number of rotatable bonds is 3. The maximum atomic E-state index is 13.8. The molecular formula is C16H21FN2O2. The maximum absolute atomic E-state index is 13.8. The first kappa shape index (κ1) is 14.5. The number of halogens is 1. The summed E-state index contributed by atoms with van der Waals surface area (Å²) in [7, 11) is 0. The van der Waals surface area contributed by atoms with Crippen molar-refractivity contribution in [1.82, 2.24) is 4.90 Å². The Morgan fingerprint density at radius 3 is 2.86 bits per heavy atom. The summed E-state index contributed by atoms with van der Waals surface area (Å²) >= 11 is 0. The van der Waals surface area contributed by atoms with Crippen LogP contribution in [0, 0.1) is 5.82 Å². The zero-order chi connectivity index (χ0) is 14.9. The van der Waals surface area contributed by atoms with Crippen LogP contribution in [0.3, 0.4) is 0 Å². The summed E-state index contributed by atoms with van der Waals surface area (Å²) < 4.78 is 19.5. The minimum absolute atomic E-state index is 0.0573. The largest absolute Gasteiger partial charge is 0.370 e. The normalized spacial score (nSPS) is 24.5. The van der Waals surface area contributed by atoms with E-state index in [1.54, 1.807) is 23.1 Å². The zero-order valence-electron chi connectivity index (χ0n) is 12.1. The second kappa shape index (κ2) is 5.73. The molecule has 1 aromatic carbocycles. The van der Waals surface area contributed by atoms with Crippen molar-refractivity contribution >= 4 is 5.91 Å². The van der Waals surface area contributed by atoms with Gasteiger partial charge in [0.05, 0.1) is 13.2 Å². The molecule has 1 heterocycles. The lowest BCUT2D eigenvalue weighted by molar-refractivity contribution is -0.141. The van der Waals surface area contributed by atoms with Crippen LogP contribution >= 0.6 is 0 Å². The number of hydrogen-bond donors (Lipinski definition) is 1. The van der Waals surface area contributed by atoms with Crippen LogP contribution in [0.25, 0.3) is 0 Å². The lowest BCUT2D eigenvalue weighted by Crippen LogP contribution is -2.52. The van der Waals surface area contributed by atoms with E-state index >= 15 is 0 Å². The van der Waals surface area contributed by atoms with Gasteiger partial charge in [0.2, 0.25) is 5.91 Å². The number of hydrogen-bond acceptors (Lipinski definition) is 3. The van der Waals surface area contributed by atoms with Gasteiger partial charge in [-0.3, -0.25) is 4.79 Å². The van der Waals surface area contributed by atoms with Gasteiger partial charge in [-0.15, -0.1) is 0 Å². The van der Waals surface area contributed by atoms with Crippen molar-refractivity contribution < 1.29 is 13.9 Å². The smallest absolute Gasteiger partial charge is 0.224 e. The molecule has 1 saturated heterocycles. The Hall–Kier alpha value is -1.46. The van der Waals surface area contributed by atoms with E-state index in [2.05, 4.69) is 0 Å². The fourth-order valence-corrected chi connectivity index (χ4v) is 3.02. The fraction of sp³-hybridized carbons (Fsp3) is 0.562. The number of benzene rings is 1. The molecule has 0 radical (unpaired) electrons.